The molecule has 3 aliphatic rings. The first-order valence-electron chi connectivity index (χ1n) is 12.2. The maximum absolute atomic E-state index is 13.9. The van der Waals surface area contributed by atoms with Crippen LogP contribution in [0.1, 0.15) is 29.3 Å². The fourth-order valence-corrected chi connectivity index (χ4v) is 6.65. The normalized spacial score (nSPS) is 26.8. The van der Waals surface area contributed by atoms with Gasteiger partial charge in [0.15, 0.2) is 17.1 Å². The number of benzene rings is 1. The Labute approximate surface area is 225 Å². The van der Waals surface area contributed by atoms with Crippen LogP contribution in [0.2, 0.25) is 0 Å². The Kier molecular flexibility index (Phi) is 6.73. The predicted octanol–water partition coefficient (Wildman–Crippen LogP) is -0.0518. The second-order valence-corrected chi connectivity index (χ2v) is 12.5. The lowest BCUT2D eigenvalue weighted by Gasteiger charge is -2.50. The van der Waals surface area contributed by atoms with Crippen LogP contribution >= 0.6 is 0 Å². The zero-order valence-corrected chi connectivity index (χ0v) is 23.0. The van der Waals surface area contributed by atoms with Gasteiger partial charge in [-0.1, -0.05) is 0 Å². The molecule has 14 heteroatoms. The first-order chi connectivity index (χ1) is 18.0. The molecule has 3 aliphatic carbocycles. The van der Waals surface area contributed by atoms with Gasteiger partial charge in [-0.15, -0.1) is 0 Å². The van der Waals surface area contributed by atoms with Crippen molar-refractivity contribution in [3.8, 4) is 5.75 Å². The van der Waals surface area contributed by atoms with Crippen LogP contribution in [0.25, 0.3) is 0 Å². The first-order valence-corrected chi connectivity index (χ1v) is 13.9. The summed E-state index contributed by atoms with van der Waals surface area (Å²) in [4.78, 5) is 42.5. The SMILES string of the molecule is CCS(=O)(=O)Nc1cc(N(C)C)c2c(c1O)C(=O)C1=C(O)[C@]3(O)C(=O)C(C(N)=O)=C(O)[C@@H](N(C)C)C3CC1C2. The molecule has 0 bridgehead atoms. The monoisotopic (exact) mass is 564 g/mol. The molecule has 0 aromatic heterocycles. The quantitative estimate of drug-likeness (QED) is 0.199. The van der Waals surface area contributed by atoms with E-state index in [1.807, 2.05) is 0 Å². The average molecular weight is 565 g/mol. The van der Waals surface area contributed by atoms with Gasteiger partial charge in [-0.2, -0.15) is 0 Å². The van der Waals surface area contributed by atoms with Crippen LogP contribution in [0.4, 0.5) is 11.4 Å². The standard InChI is InChI=1S/C25H32N4O9S/c1-6-39(37,38)27-13-9-14(28(2)3)11-7-10-8-12-18(29(4)5)21(32)17(24(26)35)23(34)25(12,36)22(33)15(10)20(31)16(11)19(13)30/h9-10,12,18,27,30,32-33,36H,6-8H2,1-5H3,(H2,26,35)/t10?,12?,18-,25-/m0/s1. The lowest BCUT2D eigenvalue weighted by Crippen LogP contribution is -2.63. The van der Waals surface area contributed by atoms with Crippen LogP contribution < -0.4 is 15.4 Å². The molecule has 4 rings (SSSR count). The van der Waals surface area contributed by atoms with Gasteiger partial charge in [-0.25, -0.2) is 8.42 Å². The van der Waals surface area contributed by atoms with Crippen LogP contribution in [0.5, 0.6) is 5.75 Å². The minimum atomic E-state index is -3.85. The maximum Gasteiger partial charge on any atom is 0.255 e. The number of hydrogen-bond acceptors (Lipinski definition) is 11. The summed E-state index contributed by atoms with van der Waals surface area (Å²) in [5.41, 5.74) is 1.65. The molecular formula is C25H32N4O9S. The van der Waals surface area contributed by atoms with E-state index in [0.29, 0.717) is 11.3 Å². The number of nitrogens with two attached hydrogens (primary N) is 1. The largest absolute Gasteiger partial charge is 0.510 e. The number of sulfonamides is 1. The van der Waals surface area contributed by atoms with Crippen molar-refractivity contribution in [3.63, 3.8) is 0 Å². The van der Waals surface area contributed by atoms with Crippen LogP contribution in [0.15, 0.2) is 28.7 Å². The number of carbonyl (C=O) groups excluding carboxylic acids is 3. The van der Waals surface area contributed by atoms with E-state index in [-0.39, 0.29) is 35.4 Å². The molecule has 2 unspecified atom stereocenters. The number of aliphatic hydroxyl groups excluding tert-OH is 2. The molecule has 1 amide bonds. The van der Waals surface area contributed by atoms with Gasteiger partial charge in [0.2, 0.25) is 15.8 Å². The van der Waals surface area contributed by atoms with Gasteiger partial charge in [0, 0.05) is 31.3 Å². The van der Waals surface area contributed by atoms with E-state index in [1.54, 1.807) is 33.1 Å². The smallest absolute Gasteiger partial charge is 0.255 e. The topological polar surface area (TPSA) is 211 Å². The van der Waals surface area contributed by atoms with Crippen molar-refractivity contribution in [2.75, 3.05) is 43.6 Å². The third kappa shape index (κ3) is 4.05. The molecule has 0 heterocycles. The Morgan fingerprint density at radius 3 is 2.31 bits per heavy atom. The summed E-state index contributed by atoms with van der Waals surface area (Å²) >= 11 is 0. The number of rotatable bonds is 6. The molecule has 4 atom stereocenters. The number of hydrogen-bond donors (Lipinski definition) is 6. The number of phenols is 1. The third-order valence-electron chi connectivity index (χ3n) is 7.83. The molecule has 7 N–H and O–H groups in total. The van der Waals surface area contributed by atoms with Crippen molar-refractivity contribution >= 4 is 38.9 Å². The number of fused-ring (bicyclic) bond motifs is 3. The van der Waals surface area contributed by atoms with Crippen LogP contribution in [-0.4, -0.2) is 96.8 Å². The van der Waals surface area contributed by atoms with Crippen molar-refractivity contribution in [1.82, 2.24) is 4.90 Å². The Balaban J connectivity index is 1.98. The van der Waals surface area contributed by atoms with E-state index in [1.165, 1.54) is 17.9 Å². The van der Waals surface area contributed by atoms with Gasteiger partial charge in [-0.3, -0.25) is 24.0 Å². The van der Waals surface area contributed by atoms with Gasteiger partial charge in [0.05, 0.1) is 23.0 Å². The van der Waals surface area contributed by atoms with Crippen molar-refractivity contribution in [2.45, 2.75) is 31.4 Å². The molecule has 0 spiro atoms. The Hall–Kier alpha value is -3.62. The molecule has 0 fully saturated rings. The highest BCUT2D eigenvalue weighted by Gasteiger charge is 2.63. The van der Waals surface area contributed by atoms with Gasteiger partial charge in [0.25, 0.3) is 5.91 Å². The number of anilines is 2. The second-order valence-electron chi connectivity index (χ2n) is 10.5. The Bertz CT molecular complexity index is 1480. The number of nitrogens with zero attached hydrogens (tertiary/aromatic N) is 2. The van der Waals surface area contributed by atoms with E-state index >= 15 is 0 Å². The van der Waals surface area contributed by atoms with Crippen molar-refractivity contribution < 1.29 is 43.2 Å². The fraction of sp³-hybridized carbons (Fsp3) is 0.480. The molecule has 0 radical (unpaired) electrons. The van der Waals surface area contributed by atoms with Gasteiger partial charge in [0.1, 0.15) is 17.1 Å². The third-order valence-corrected chi connectivity index (χ3v) is 9.12. The predicted molar refractivity (Wildman–Crippen MR) is 141 cm³/mol. The molecule has 1 aromatic carbocycles. The first kappa shape index (κ1) is 28.4. The highest BCUT2D eigenvalue weighted by atomic mass is 32.2. The van der Waals surface area contributed by atoms with Crippen LogP contribution in [-0.2, 0) is 26.0 Å². The van der Waals surface area contributed by atoms with E-state index in [2.05, 4.69) is 4.72 Å². The number of allylic oxidation sites excluding steroid dienone is 1. The Morgan fingerprint density at radius 1 is 1.18 bits per heavy atom. The zero-order chi connectivity index (χ0) is 29.4. The summed E-state index contributed by atoms with van der Waals surface area (Å²) in [7, 11) is 2.60. The maximum atomic E-state index is 13.9. The lowest BCUT2D eigenvalue weighted by molar-refractivity contribution is -0.148. The van der Waals surface area contributed by atoms with Gasteiger partial charge < -0.3 is 31.1 Å². The van der Waals surface area contributed by atoms with Crippen molar-refractivity contribution in [3.05, 3.63) is 39.9 Å². The van der Waals surface area contributed by atoms with Gasteiger partial charge >= 0.3 is 0 Å². The summed E-state index contributed by atoms with van der Waals surface area (Å²) < 4.78 is 26.8. The second kappa shape index (κ2) is 9.24. The number of ketones is 2. The highest BCUT2D eigenvalue weighted by molar-refractivity contribution is 7.92. The zero-order valence-electron chi connectivity index (χ0n) is 22.1. The highest BCUT2D eigenvalue weighted by Crippen LogP contribution is 2.54. The van der Waals surface area contributed by atoms with Crippen molar-refractivity contribution in [2.24, 2.45) is 17.6 Å². The number of primary amides is 1. The summed E-state index contributed by atoms with van der Waals surface area (Å²) in [5.74, 6) is -8.03. The summed E-state index contributed by atoms with van der Waals surface area (Å²) in [6.07, 6.45) is 0.0278. The number of phenolic OH excluding ortho intramolecular Hbond substituents is 1. The number of Topliss-reactive ketones (excluding diaryl/α,β-unsaturated/α-hetero) is 2. The van der Waals surface area contributed by atoms with E-state index < -0.39 is 73.8 Å². The number of amides is 1. The lowest BCUT2D eigenvalue weighted by atomic mass is 9.58. The van der Waals surface area contributed by atoms with E-state index in [4.69, 9.17) is 5.73 Å². The fourth-order valence-electron chi connectivity index (χ4n) is 6.02. The number of aliphatic hydroxyl groups is 3. The molecule has 212 valence electrons. The van der Waals surface area contributed by atoms with Crippen LogP contribution in [0.3, 0.4) is 0 Å². The number of nitrogens with one attached hydrogen (secondary N) is 1. The summed E-state index contributed by atoms with van der Waals surface area (Å²) in [6.45, 7) is 1.40. The number of likely N-dealkylation sites (N-methyl/N-ethyl adjacent to an activating group) is 1. The van der Waals surface area contributed by atoms with Gasteiger partial charge in [-0.05, 0) is 51.4 Å². The minimum absolute atomic E-state index is 0.0520. The molecule has 39 heavy (non-hydrogen) atoms. The molecule has 0 aliphatic heterocycles. The van der Waals surface area contributed by atoms with Crippen LogP contribution in [0, 0.1) is 11.8 Å². The van der Waals surface area contributed by atoms with E-state index in [0.717, 1.165) is 0 Å². The number of carbonyl (C=O) groups is 3. The molecule has 0 saturated heterocycles. The number of aromatic hydroxyl groups is 1. The average Bonchev–Trinajstić information content (AvgIpc) is 2.82. The molecular weight excluding hydrogens is 532 g/mol. The summed E-state index contributed by atoms with van der Waals surface area (Å²) in [5, 5.41) is 45.0. The minimum Gasteiger partial charge on any atom is -0.510 e. The molecule has 0 saturated carbocycles. The molecule has 13 nitrogen and oxygen atoms in total. The summed E-state index contributed by atoms with van der Waals surface area (Å²) in [6, 6.07) is 0.311. The Morgan fingerprint density at radius 2 is 1.79 bits per heavy atom. The molecule has 1 aromatic rings. The van der Waals surface area contributed by atoms with E-state index in [9.17, 15) is 43.2 Å². The van der Waals surface area contributed by atoms with Crippen molar-refractivity contribution in [1.29, 1.82) is 0 Å².